The van der Waals surface area contributed by atoms with Crippen LogP contribution in [0, 0.1) is 6.92 Å². The molecule has 4 heteroatoms. The zero-order chi connectivity index (χ0) is 16.2. The van der Waals surface area contributed by atoms with E-state index in [2.05, 4.69) is 47.9 Å². The van der Waals surface area contributed by atoms with E-state index >= 15 is 0 Å². The van der Waals surface area contributed by atoms with Crippen molar-refractivity contribution in [1.82, 2.24) is 9.80 Å². The fourth-order valence-electron chi connectivity index (χ4n) is 3.64. The highest BCUT2D eigenvalue weighted by Gasteiger charge is 2.32. The van der Waals surface area contributed by atoms with Crippen molar-refractivity contribution >= 4 is 17.7 Å². The Balaban J connectivity index is 1.56. The summed E-state index contributed by atoms with van der Waals surface area (Å²) < 4.78 is 0. The molecule has 0 N–H and O–H groups in total. The third-order valence-electron chi connectivity index (χ3n) is 5.12. The van der Waals surface area contributed by atoms with Crippen LogP contribution in [-0.2, 0) is 4.79 Å². The Morgan fingerprint density at radius 1 is 1.17 bits per heavy atom. The van der Waals surface area contributed by atoms with E-state index in [4.69, 9.17) is 0 Å². The van der Waals surface area contributed by atoms with Gasteiger partial charge in [0.15, 0.2) is 0 Å². The SMILES string of the molecule is Cc1ccc(C2SCC(=O)N2CCCN2CCCCC2C)cc1. The number of carbonyl (C=O) groups is 1. The largest absolute Gasteiger partial charge is 0.326 e. The van der Waals surface area contributed by atoms with Crippen molar-refractivity contribution in [2.45, 2.75) is 50.9 Å². The van der Waals surface area contributed by atoms with Crippen molar-refractivity contribution in [2.24, 2.45) is 0 Å². The number of nitrogens with zero attached hydrogens (tertiary/aromatic N) is 2. The van der Waals surface area contributed by atoms with Crippen molar-refractivity contribution in [3.05, 3.63) is 35.4 Å². The van der Waals surface area contributed by atoms with Gasteiger partial charge in [-0.05, 0) is 45.2 Å². The van der Waals surface area contributed by atoms with Gasteiger partial charge in [-0.15, -0.1) is 11.8 Å². The van der Waals surface area contributed by atoms with Crippen molar-refractivity contribution < 1.29 is 4.79 Å². The fraction of sp³-hybridized carbons (Fsp3) is 0.632. The topological polar surface area (TPSA) is 23.6 Å². The summed E-state index contributed by atoms with van der Waals surface area (Å²) in [6.45, 7) is 7.68. The first-order valence-electron chi connectivity index (χ1n) is 8.87. The number of rotatable bonds is 5. The maximum absolute atomic E-state index is 12.3. The average molecular weight is 333 g/mol. The third-order valence-corrected chi connectivity index (χ3v) is 6.37. The minimum absolute atomic E-state index is 0.210. The molecular weight excluding hydrogens is 304 g/mol. The molecule has 0 spiro atoms. The van der Waals surface area contributed by atoms with Crippen LogP contribution in [0.4, 0.5) is 0 Å². The highest BCUT2D eigenvalue weighted by atomic mass is 32.2. The molecule has 2 heterocycles. The molecule has 3 rings (SSSR count). The predicted octanol–water partition coefficient (Wildman–Crippen LogP) is 3.83. The van der Waals surface area contributed by atoms with E-state index in [1.807, 2.05) is 0 Å². The second-order valence-electron chi connectivity index (χ2n) is 6.90. The number of benzene rings is 1. The fourth-order valence-corrected chi connectivity index (χ4v) is 4.86. The molecule has 1 amide bonds. The molecule has 2 fully saturated rings. The highest BCUT2D eigenvalue weighted by Crippen LogP contribution is 2.38. The van der Waals surface area contributed by atoms with Crippen molar-refractivity contribution in [3.63, 3.8) is 0 Å². The van der Waals surface area contributed by atoms with Gasteiger partial charge in [-0.3, -0.25) is 4.79 Å². The Morgan fingerprint density at radius 3 is 2.70 bits per heavy atom. The van der Waals surface area contributed by atoms with Crippen LogP contribution in [0.1, 0.15) is 49.1 Å². The van der Waals surface area contributed by atoms with Crippen molar-refractivity contribution in [1.29, 1.82) is 0 Å². The van der Waals surface area contributed by atoms with E-state index in [9.17, 15) is 4.79 Å². The summed E-state index contributed by atoms with van der Waals surface area (Å²) in [6.07, 6.45) is 5.10. The predicted molar refractivity (Wildman–Crippen MR) is 97.6 cm³/mol. The van der Waals surface area contributed by atoms with E-state index < -0.39 is 0 Å². The summed E-state index contributed by atoms with van der Waals surface area (Å²) >= 11 is 1.77. The number of thioether (sulfide) groups is 1. The van der Waals surface area contributed by atoms with E-state index in [0.717, 1.165) is 19.5 Å². The smallest absolute Gasteiger partial charge is 0.233 e. The molecular formula is C19H28N2OS. The zero-order valence-electron chi connectivity index (χ0n) is 14.3. The van der Waals surface area contributed by atoms with Gasteiger partial charge in [0.25, 0.3) is 0 Å². The molecule has 2 aliphatic heterocycles. The molecule has 0 bridgehead atoms. The number of likely N-dealkylation sites (tertiary alicyclic amines) is 1. The van der Waals surface area contributed by atoms with Gasteiger partial charge in [-0.2, -0.15) is 0 Å². The van der Waals surface area contributed by atoms with Crippen LogP contribution >= 0.6 is 11.8 Å². The molecule has 23 heavy (non-hydrogen) atoms. The van der Waals surface area contributed by atoms with Crippen LogP contribution in [-0.4, -0.2) is 47.1 Å². The van der Waals surface area contributed by atoms with Gasteiger partial charge in [0.1, 0.15) is 5.37 Å². The Kier molecular flexibility index (Phi) is 5.65. The lowest BCUT2D eigenvalue weighted by atomic mass is 10.0. The number of carbonyl (C=O) groups excluding carboxylic acids is 1. The van der Waals surface area contributed by atoms with Gasteiger partial charge in [0.05, 0.1) is 5.75 Å². The molecule has 0 aliphatic carbocycles. The number of piperidine rings is 1. The zero-order valence-corrected chi connectivity index (χ0v) is 15.1. The lowest BCUT2D eigenvalue weighted by Crippen LogP contribution is -2.39. The molecule has 1 aromatic carbocycles. The number of hydrogen-bond acceptors (Lipinski definition) is 3. The Morgan fingerprint density at radius 2 is 1.96 bits per heavy atom. The maximum atomic E-state index is 12.3. The number of hydrogen-bond donors (Lipinski definition) is 0. The Bertz CT molecular complexity index is 531. The molecule has 3 nitrogen and oxygen atoms in total. The Labute approximate surface area is 144 Å². The van der Waals surface area contributed by atoms with Gasteiger partial charge in [0.2, 0.25) is 5.91 Å². The summed E-state index contributed by atoms with van der Waals surface area (Å²) in [5.74, 6) is 0.922. The van der Waals surface area contributed by atoms with E-state index in [1.54, 1.807) is 11.8 Å². The van der Waals surface area contributed by atoms with Crippen LogP contribution in [0.2, 0.25) is 0 Å². The molecule has 0 aromatic heterocycles. The van der Waals surface area contributed by atoms with Crippen LogP contribution in [0.15, 0.2) is 24.3 Å². The second-order valence-corrected chi connectivity index (χ2v) is 7.96. The molecule has 2 saturated heterocycles. The first kappa shape index (κ1) is 16.8. The normalized spacial score (nSPS) is 26.0. The molecule has 0 radical (unpaired) electrons. The second kappa shape index (κ2) is 7.71. The summed E-state index contributed by atoms with van der Waals surface area (Å²) in [7, 11) is 0. The van der Waals surface area contributed by atoms with E-state index in [0.29, 0.717) is 17.7 Å². The number of aryl methyl sites for hydroxylation is 1. The average Bonchev–Trinajstić information content (AvgIpc) is 2.91. The van der Waals surface area contributed by atoms with Crippen LogP contribution in [0.3, 0.4) is 0 Å². The third kappa shape index (κ3) is 4.10. The van der Waals surface area contributed by atoms with Crippen LogP contribution < -0.4 is 0 Å². The van der Waals surface area contributed by atoms with Crippen LogP contribution in [0.25, 0.3) is 0 Å². The minimum Gasteiger partial charge on any atom is -0.326 e. The molecule has 2 aliphatic rings. The quantitative estimate of drug-likeness (QED) is 0.818. The van der Waals surface area contributed by atoms with E-state index in [1.165, 1.54) is 36.9 Å². The molecule has 2 unspecified atom stereocenters. The molecule has 126 valence electrons. The van der Waals surface area contributed by atoms with E-state index in [-0.39, 0.29) is 5.37 Å². The van der Waals surface area contributed by atoms with Gasteiger partial charge >= 0.3 is 0 Å². The highest BCUT2D eigenvalue weighted by molar-refractivity contribution is 8.00. The van der Waals surface area contributed by atoms with Crippen molar-refractivity contribution in [2.75, 3.05) is 25.4 Å². The van der Waals surface area contributed by atoms with Gasteiger partial charge in [0, 0.05) is 19.1 Å². The molecule has 0 saturated carbocycles. The first-order valence-corrected chi connectivity index (χ1v) is 9.92. The minimum atomic E-state index is 0.210. The maximum Gasteiger partial charge on any atom is 0.233 e. The monoisotopic (exact) mass is 332 g/mol. The van der Waals surface area contributed by atoms with Crippen molar-refractivity contribution in [3.8, 4) is 0 Å². The van der Waals surface area contributed by atoms with Gasteiger partial charge < -0.3 is 9.80 Å². The summed E-state index contributed by atoms with van der Waals surface area (Å²) in [5, 5.41) is 0.210. The van der Waals surface area contributed by atoms with Gasteiger partial charge in [-0.1, -0.05) is 36.2 Å². The lowest BCUT2D eigenvalue weighted by Gasteiger charge is -2.34. The molecule has 2 atom stereocenters. The summed E-state index contributed by atoms with van der Waals surface area (Å²) in [6, 6.07) is 9.34. The Hall–Kier alpha value is -1.00. The first-order chi connectivity index (χ1) is 11.1. The summed E-state index contributed by atoms with van der Waals surface area (Å²) in [4.78, 5) is 16.9. The lowest BCUT2D eigenvalue weighted by molar-refractivity contribution is -0.128. The standard InChI is InChI=1S/C19H28N2OS/c1-15-7-9-17(10-8-15)19-21(18(22)14-23-19)13-5-12-20-11-4-3-6-16(20)2/h7-10,16,19H,3-6,11-14H2,1-2H3. The van der Waals surface area contributed by atoms with Crippen LogP contribution in [0.5, 0.6) is 0 Å². The molecule has 1 aromatic rings. The summed E-state index contributed by atoms with van der Waals surface area (Å²) in [5.41, 5.74) is 2.53. The number of amides is 1. The van der Waals surface area contributed by atoms with Gasteiger partial charge in [-0.25, -0.2) is 0 Å².